The van der Waals surface area contributed by atoms with Crippen molar-refractivity contribution in [3.63, 3.8) is 0 Å². The van der Waals surface area contributed by atoms with Crippen molar-refractivity contribution in [3.05, 3.63) is 48.0 Å². The highest BCUT2D eigenvalue weighted by Crippen LogP contribution is 2.33. The Morgan fingerprint density at radius 3 is 2.57 bits per heavy atom. The van der Waals surface area contributed by atoms with E-state index in [4.69, 9.17) is 9.47 Å². The number of likely N-dealkylation sites (tertiary alicyclic amines) is 1. The Balaban J connectivity index is 1.24. The first-order valence-corrected chi connectivity index (χ1v) is 11.4. The molecule has 0 bridgehead atoms. The lowest BCUT2D eigenvalue weighted by atomic mass is 9.95. The number of anilines is 1. The van der Waals surface area contributed by atoms with Gasteiger partial charge in [-0.1, -0.05) is 12.1 Å². The van der Waals surface area contributed by atoms with Crippen molar-refractivity contribution in [2.24, 2.45) is 10.3 Å². The molecule has 0 radical (unpaired) electrons. The summed E-state index contributed by atoms with van der Waals surface area (Å²) in [6.07, 6.45) is 1.25. The fourth-order valence-electron chi connectivity index (χ4n) is 4.04. The number of benzene rings is 2. The van der Waals surface area contributed by atoms with E-state index < -0.39 is 10.0 Å². The van der Waals surface area contributed by atoms with Crippen LogP contribution in [0.3, 0.4) is 0 Å². The highest BCUT2D eigenvalue weighted by molar-refractivity contribution is 7.90. The number of hydrogen-bond acceptors (Lipinski definition) is 6. The molecule has 3 aliphatic rings. The van der Waals surface area contributed by atoms with E-state index in [9.17, 15) is 13.2 Å². The average molecular weight is 427 g/mol. The van der Waals surface area contributed by atoms with Crippen LogP contribution >= 0.6 is 0 Å². The van der Waals surface area contributed by atoms with E-state index in [2.05, 4.69) is 9.71 Å². The zero-order valence-corrected chi connectivity index (χ0v) is 17.0. The molecule has 9 heteroatoms. The van der Waals surface area contributed by atoms with Crippen LogP contribution in [0.5, 0.6) is 11.5 Å². The number of amides is 1. The molecule has 2 aromatic carbocycles. The number of nitrogens with zero attached hydrogens (tertiary/aromatic N) is 2. The Morgan fingerprint density at radius 1 is 1.03 bits per heavy atom. The highest BCUT2D eigenvalue weighted by Gasteiger charge is 2.34. The molecule has 1 amide bonds. The van der Waals surface area contributed by atoms with Crippen LogP contribution in [0.2, 0.25) is 0 Å². The second kappa shape index (κ2) is 7.32. The first-order chi connectivity index (χ1) is 14.5. The molecule has 3 aliphatic heterocycles. The van der Waals surface area contributed by atoms with Gasteiger partial charge in [0.2, 0.25) is 5.91 Å². The van der Waals surface area contributed by atoms with Crippen molar-refractivity contribution in [1.82, 2.24) is 4.90 Å². The standard InChI is InChI=1S/C21H21N3O5S/c25-21(22-15-5-6-17-18(13-15)29-12-11-28-17)14-7-9-24(10-8-14)20-16-3-1-2-4-19(16)30(26,27)23-20/h1-6,13-14H,7-12H2,(H,22,25). The SMILES string of the molecule is O=C(Nc1ccc2c(c1)OCCO2)C1CCN(C2=NS(=O)(=O)c3ccccc32)CC1. The van der Waals surface area contributed by atoms with E-state index in [1.807, 2.05) is 11.0 Å². The van der Waals surface area contributed by atoms with E-state index in [1.54, 1.807) is 36.4 Å². The zero-order valence-electron chi connectivity index (χ0n) is 16.2. The normalized spacial score (nSPS) is 19.7. The summed E-state index contributed by atoms with van der Waals surface area (Å²) in [6, 6.07) is 12.2. The van der Waals surface area contributed by atoms with Crippen molar-refractivity contribution in [2.75, 3.05) is 31.6 Å². The first kappa shape index (κ1) is 18.9. The zero-order chi connectivity index (χ0) is 20.7. The maximum Gasteiger partial charge on any atom is 0.285 e. The number of amidine groups is 1. The molecule has 0 unspecified atom stereocenters. The van der Waals surface area contributed by atoms with Crippen molar-refractivity contribution in [3.8, 4) is 11.5 Å². The van der Waals surface area contributed by atoms with Crippen LogP contribution in [0.1, 0.15) is 18.4 Å². The van der Waals surface area contributed by atoms with Gasteiger partial charge in [-0.3, -0.25) is 4.79 Å². The molecule has 156 valence electrons. The first-order valence-electron chi connectivity index (χ1n) is 9.91. The maximum absolute atomic E-state index is 12.7. The van der Waals surface area contributed by atoms with Crippen LogP contribution in [-0.2, 0) is 14.8 Å². The molecule has 0 aromatic heterocycles. The number of carbonyl (C=O) groups excluding carboxylic acids is 1. The minimum Gasteiger partial charge on any atom is -0.486 e. The van der Waals surface area contributed by atoms with Crippen molar-refractivity contribution >= 4 is 27.5 Å². The van der Waals surface area contributed by atoms with Crippen LogP contribution in [0.25, 0.3) is 0 Å². The number of rotatable bonds is 2. The second-order valence-electron chi connectivity index (χ2n) is 7.50. The number of hydrogen-bond donors (Lipinski definition) is 1. The summed E-state index contributed by atoms with van der Waals surface area (Å²) in [7, 11) is -3.64. The molecule has 0 spiro atoms. The van der Waals surface area contributed by atoms with Crippen LogP contribution in [-0.4, -0.2) is 51.4 Å². The quantitative estimate of drug-likeness (QED) is 0.790. The summed E-state index contributed by atoms with van der Waals surface area (Å²) in [4.78, 5) is 14.9. The Hall–Kier alpha value is -3.07. The topological polar surface area (TPSA) is 97.3 Å². The van der Waals surface area contributed by atoms with Gasteiger partial charge >= 0.3 is 0 Å². The van der Waals surface area contributed by atoms with E-state index in [0.29, 0.717) is 67.7 Å². The predicted molar refractivity (Wildman–Crippen MR) is 111 cm³/mol. The third kappa shape index (κ3) is 3.39. The third-order valence-corrected chi connectivity index (χ3v) is 6.91. The summed E-state index contributed by atoms with van der Waals surface area (Å²) in [5.74, 6) is 1.60. The molecule has 1 saturated heterocycles. The Labute approximate surface area is 174 Å². The summed E-state index contributed by atoms with van der Waals surface area (Å²) in [6.45, 7) is 2.16. The van der Waals surface area contributed by atoms with Gasteiger partial charge in [0.05, 0.1) is 0 Å². The Morgan fingerprint density at radius 2 is 1.77 bits per heavy atom. The number of sulfonamides is 1. The second-order valence-corrected chi connectivity index (χ2v) is 9.07. The maximum atomic E-state index is 12.7. The number of piperidine rings is 1. The monoisotopic (exact) mass is 427 g/mol. The summed E-state index contributed by atoms with van der Waals surface area (Å²) < 4.78 is 39.6. The summed E-state index contributed by atoms with van der Waals surface area (Å²) in [5.41, 5.74) is 1.31. The lowest BCUT2D eigenvalue weighted by Gasteiger charge is -2.32. The van der Waals surface area contributed by atoms with Gasteiger partial charge in [-0.15, -0.1) is 4.40 Å². The molecule has 5 rings (SSSR count). The van der Waals surface area contributed by atoms with Crippen molar-refractivity contribution < 1.29 is 22.7 Å². The Bertz CT molecular complexity index is 1140. The van der Waals surface area contributed by atoms with Gasteiger partial charge in [-0.05, 0) is 37.1 Å². The summed E-state index contributed by atoms with van der Waals surface area (Å²) in [5, 5.41) is 2.96. The molecule has 0 atom stereocenters. The molecule has 1 N–H and O–H groups in total. The van der Waals surface area contributed by atoms with Crippen LogP contribution in [0.4, 0.5) is 5.69 Å². The molecule has 30 heavy (non-hydrogen) atoms. The van der Waals surface area contributed by atoms with Gasteiger partial charge in [0, 0.05) is 36.3 Å². The molecule has 0 saturated carbocycles. The highest BCUT2D eigenvalue weighted by atomic mass is 32.2. The van der Waals surface area contributed by atoms with Gasteiger partial charge < -0.3 is 19.7 Å². The fraction of sp³-hybridized carbons (Fsp3) is 0.333. The Kier molecular flexibility index (Phi) is 4.62. The number of fused-ring (bicyclic) bond motifs is 2. The molecular formula is C21H21N3O5S. The summed E-state index contributed by atoms with van der Waals surface area (Å²) >= 11 is 0. The average Bonchev–Trinajstić information content (AvgIpc) is 3.05. The van der Waals surface area contributed by atoms with Gasteiger partial charge in [0.15, 0.2) is 17.3 Å². The van der Waals surface area contributed by atoms with Gasteiger partial charge in [-0.2, -0.15) is 8.42 Å². The van der Waals surface area contributed by atoms with Crippen LogP contribution < -0.4 is 14.8 Å². The van der Waals surface area contributed by atoms with Crippen LogP contribution in [0, 0.1) is 5.92 Å². The lowest BCUT2D eigenvalue weighted by molar-refractivity contribution is -0.120. The van der Waals surface area contributed by atoms with Gasteiger partial charge in [0.25, 0.3) is 10.0 Å². The molecule has 3 heterocycles. The lowest BCUT2D eigenvalue weighted by Crippen LogP contribution is -2.41. The minimum absolute atomic E-state index is 0.0484. The smallest absolute Gasteiger partial charge is 0.285 e. The molecule has 0 aliphatic carbocycles. The van der Waals surface area contributed by atoms with E-state index in [-0.39, 0.29) is 16.7 Å². The van der Waals surface area contributed by atoms with E-state index in [0.717, 1.165) is 0 Å². The molecular weight excluding hydrogens is 406 g/mol. The predicted octanol–water partition coefficient (Wildman–Crippen LogP) is 2.26. The fourth-order valence-corrected chi connectivity index (χ4v) is 5.26. The van der Waals surface area contributed by atoms with Gasteiger partial charge in [-0.25, -0.2) is 0 Å². The van der Waals surface area contributed by atoms with E-state index in [1.165, 1.54) is 0 Å². The van der Waals surface area contributed by atoms with Crippen LogP contribution in [0.15, 0.2) is 51.8 Å². The number of nitrogens with one attached hydrogen (secondary N) is 1. The number of carbonyl (C=O) groups is 1. The minimum atomic E-state index is -3.64. The molecule has 8 nitrogen and oxygen atoms in total. The van der Waals surface area contributed by atoms with E-state index >= 15 is 0 Å². The third-order valence-electron chi connectivity index (χ3n) is 5.59. The van der Waals surface area contributed by atoms with Crippen molar-refractivity contribution in [2.45, 2.75) is 17.7 Å². The van der Waals surface area contributed by atoms with Crippen molar-refractivity contribution in [1.29, 1.82) is 0 Å². The largest absolute Gasteiger partial charge is 0.486 e. The molecule has 2 aromatic rings. The number of ether oxygens (including phenoxy) is 2. The van der Waals surface area contributed by atoms with Gasteiger partial charge in [0.1, 0.15) is 18.1 Å². The molecule has 1 fully saturated rings.